The number of nitrogens with one attached hydrogen (secondary N) is 2. The van der Waals surface area contributed by atoms with Gasteiger partial charge in [0.05, 0.1) is 19.2 Å². The molecule has 1 fully saturated rings. The van der Waals surface area contributed by atoms with Crippen molar-refractivity contribution >= 4 is 5.91 Å². The highest BCUT2D eigenvalue weighted by molar-refractivity contribution is 5.82. The lowest BCUT2D eigenvalue weighted by Gasteiger charge is -2.18. The molecule has 2 rings (SSSR count). The Balaban J connectivity index is 1.97. The van der Waals surface area contributed by atoms with Crippen LogP contribution in [0.4, 0.5) is 0 Å². The smallest absolute Gasteiger partial charge is 0.237 e. The van der Waals surface area contributed by atoms with Crippen LogP contribution in [0.3, 0.4) is 0 Å². The molecule has 1 amide bonds. The molecule has 0 radical (unpaired) electrons. The second kappa shape index (κ2) is 5.87. The van der Waals surface area contributed by atoms with Gasteiger partial charge in [0.2, 0.25) is 5.91 Å². The van der Waals surface area contributed by atoms with Crippen molar-refractivity contribution < 1.29 is 9.53 Å². The number of hydrogen-bond acceptors (Lipinski definition) is 3. The number of hydrogen-bond donors (Lipinski definition) is 2. The quantitative estimate of drug-likeness (QED) is 0.851. The monoisotopic (exact) mass is 248 g/mol. The topological polar surface area (TPSA) is 50.4 Å². The number of methoxy groups -OCH3 is 1. The fourth-order valence-corrected chi connectivity index (χ4v) is 2.22. The lowest BCUT2D eigenvalue weighted by atomic mass is 10.1. The van der Waals surface area contributed by atoms with E-state index in [1.165, 1.54) is 0 Å². The van der Waals surface area contributed by atoms with Gasteiger partial charge >= 0.3 is 0 Å². The minimum Gasteiger partial charge on any atom is -0.497 e. The van der Waals surface area contributed by atoms with E-state index in [1.807, 2.05) is 31.2 Å². The molecule has 0 unspecified atom stereocenters. The minimum atomic E-state index is -0.0296. The zero-order valence-electron chi connectivity index (χ0n) is 10.9. The summed E-state index contributed by atoms with van der Waals surface area (Å²) in [5.74, 6) is 0.899. The molecule has 1 aliphatic heterocycles. The number of carbonyl (C=O) groups is 1. The third-order valence-electron chi connectivity index (χ3n) is 3.33. The summed E-state index contributed by atoms with van der Waals surface area (Å²) in [6.45, 7) is 2.92. The van der Waals surface area contributed by atoms with Crippen molar-refractivity contribution in [2.24, 2.45) is 0 Å². The van der Waals surface area contributed by atoms with Crippen molar-refractivity contribution in [3.8, 4) is 5.75 Å². The summed E-state index contributed by atoms with van der Waals surface area (Å²) in [6, 6.07) is 7.75. The Morgan fingerprint density at radius 1 is 1.56 bits per heavy atom. The normalized spacial score (nSPS) is 20.4. The fourth-order valence-electron chi connectivity index (χ4n) is 2.22. The summed E-state index contributed by atoms with van der Waals surface area (Å²) in [5, 5.41) is 6.23. The molecule has 1 heterocycles. The molecular weight excluding hydrogens is 228 g/mol. The van der Waals surface area contributed by atoms with Gasteiger partial charge in [-0.25, -0.2) is 0 Å². The van der Waals surface area contributed by atoms with Gasteiger partial charge in [-0.05, 0) is 44.0 Å². The summed E-state index contributed by atoms with van der Waals surface area (Å²) < 4.78 is 5.18. The van der Waals surface area contributed by atoms with Crippen LogP contribution in [0.5, 0.6) is 5.75 Å². The first-order chi connectivity index (χ1) is 8.70. The van der Waals surface area contributed by atoms with E-state index in [0.29, 0.717) is 0 Å². The molecule has 1 aromatic rings. The molecule has 0 saturated carbocycles. The Bertz CT molecular complexity index is 414. The molecule has 1 saturated heterocycles. The highest BCUT2D eigenvalue weighted by atomic mass is 16.5. The Kier molecular flexibility index (Phi) is 4.20. The number of ether oxygens (including phenoxy) is 1. The lowest BCUT2D eigenvalue weighted by molar-refractivity contribution is -0.123. The van der Waals surface area contributed by atoms with E-state index >= 15 is 0 Å². The predicted octanol–water partition coefficient (Wildman–Crippen LogP) is 1.62. The van der Waals surface area contributed by atoms with Crippen molar-refractivity contribution in [2.45, 2.75) is 31.8 Å². The zero-order valence-corrected chi connectivity index (χ0v) is 10.9. The SMILES string of the molecule is COc1cccc([C@@H](C)NC(=O)[C@@H]2CCCN2)c1. The van der Waals surface area contributed by atoms with Crippen LogP contribution in [0, 0.1) is 0 Å². The van der Waals surface area contributed by atoms with Gasteiger partial charge in [-0.15, -0.1) is 0 Å². The molecule has 4 heteroatoms. The Morgan fingerprint density at radius 2 is 2.39 bits per heavy atom. The van der Waals surface area contributed by atoms with E-state index in [0.717, 1.165) is 30.7 Å². The standard InChI is InChI=1S/C14H20N2O2/c1-10(11-5-3-6-12(9-11)18-2)16-14(17)13-7-4-8-15-13/h3,5-6,9-10,13,15H,4,7-8H2,1-2H3,(H,16,17)/t10-,13+/m1/s1. The van der Waals surface area contributed by atoms with E-state index in [-0.39, 0.29) is 18.0 Å². The summed E-state index contributed by atoms with van der Waals surface area (Å²) in [6.07, 6.45) is 2.00. The molecule has 2 N–H and O–H groups in total. The van der Waals surface area contributed by atoms with Crippen molar-refractivity contribution in [3.05, 3.63) is 29.8 Å². The van der Waals surface area contributed by atoms with E-state index in [1.54, 1.807) is 7.11 Å². The molecule has 1 aliphatic rings. The molecule has 18 heavy (non-hydrogen) atoms. The van der Waals surface area contributed by atoms with Crippen molar-refractivity contribution in [1.82, 2.24) is 10.6 Å². The van der Waals surface area contributed by atoms with Crippen molar-refractivity contribution in [2.75, 3.05) is 13.7 Å². The zero-order chi connectivity index (χ0) is 13.0. The highest BCUT2D eigenvalue weighted by Crippen LogP contribution is 2.19. The molecule has 0 spiro atoms. The van der Waals surface area contributed by atoms with Gasteiger partial charge in [0, 0.05) is 0 Å². The largest absolute Gasteiger partial charge is 0.497 e. The first-order valence-corrected chi connectivity index (χ1v) is 6.38. The van der Waals surface area contributed by atoms with Crippen LogP contribution in [0.1, 0.15) is 31.4 Å². The van der Waals surface area contributed by atoms with Gasteiger partial charge in [-0.2, -0.15) is 0 Å². The van der Waals surface area contributed by atoms with Crippen LogP contribution in [0.15, 0.2) is 24.3 Å². The molecule has 0 bridgehead atoms. The van der Waals surface area contributed by atoms with Crippen LogP contribution in [0.2, 0.25) is 0 Å². The third kappa shape index (κ3) is 3.01. The molecule has 1 aromatic carbocycles. The van der Waals surface area contributed by atoms with Crippen LogP contribution in [-0.4, -0.2) is 25.6 Å². The van der Waals surface area contributed by atoms with E-state index in [4.69, 9.17) is 4.74 Å². The highest BCUT2D eigenvalue weighted by Gasteiger charge is 2.23. The van der Waals surface area contributed by atoms with Crippen molar-refractivity contribution in [3.63, 3.8) is 0 Å². The van der Waals surface area contributed by atoms with Gasteiger partial charge in [-0.1, -0.05) is 12.1 Å². The minimum absolute atomic E-state index is 0.00463. The molecular formula is C14H20N2O2. The van der Waals surface area contributed by atoms with Gasteiger partial charge in [0.15, 0.2) is 0 Å². The first-order valence-electron chi connectivity index (χ1n) is 6.38. The van der Waals surface area contributed by atoms with Gasteiger partial charge in [0.25, 0.3) is 0 Å². The summed E-state index contributed by atoms with van der Waals surface area (Å²) in [5.41, 5.74) is 1.06. The number of amides is 1. The summed E-state index contributed by atoms with van der Waals surface area (Å²) in [7, 11) is 1.64. The maximum absolute atomic E-state index is 12.0. The fraction of sp³-hybridized carbons (Fsp3) is 0.500. The average molecular weight is 248 g/mol. The number of benzene rings is 1. The Morgan fingerprint density at radius 3 is 3.06 bits per heavy atom. The van der Waals surface area contributed by atoms with Crippen LogP contribution in [-0.2, 0) is 4.79 Å². The Hall–Kier alpha value is -1.55. The molecule has 4 nitrogen and oxygen atoms in total. The molecule has 0 aromatic heterocycles. The van der Waals surface area contributed by atoms with Gasteiger partial charge in [0.1, 0.15) is 5.75 Å². The van der Waals surface area contributed by atoms with E-state index in [2.05, 4.69) is 10.6 Å². The van der Waals surface area contributed by atoms with Crippen molar-refractivity contribution in [1.29, 1.82) is 0 Å². The number of carbonyl (C=O) groups excluding carboxylic acids is 1. The lowest BCUT2D eigenvalue weighted by Crippen LogP contribution is -2.41. The predicted molar refractivity (Wildman–Crippen MR) is 70.6 cm³/mol. The average Bonchev–Trinajstić information content (AvgIpc) is 2.92. The van der Waals surface area contributed by atoms with E-state index < -0.39 is 0 Å². The maximum Gasteiger partial charge on any atom is 0.237 e. The van der Waals surface area contributed by atoms with Crippen LogP contribution < -0.4 is 15.4 Å². The van der Waals surface area contributed by atoms with Gasteiger partial charge < -0.3 is 15.4 Å². The second-order valence-electron chi connectivity index (χ2n) is 4.66. The second-order valence-corrected chi connectivity index (χ2v) is 4.66. The molecule has 2 atom stereocenters. The van der Waals surface area contributed by atoms with Crippen LogP contribution in [0.25, 0.3) is 0 Å². The number of rotatable bonds is 4. The van der Waals surface area contributed by atoms with Crippen LogP contribution >= 0.6 is 0 Å². The maximum atomic E-state index is 12.0. The molecule has 98 valence electrons. The van der Waals surface area contributed by atoms with Gasteiger partial charge in [-0.3, -0.25) is 4.79 Å². The summed E-state index contributed by atoms with van der Waals surface area (Å²) in [4.78, 5) is 12.0. The molecule has 0 aliphatic carbocycles. The third-order valence-corrected chi connectivity index (χ3v) is 3.33. The Labute approximate surface area is 108 Å². The summed E-state index contributed by atoms with van der Waals surface area (Å²) >= 11 is 0. The first kappa shape index (κ1) is 12.9. The van der Waals surface area contributed by atoms with E-state index in [9.17, 15) is 4.79 Å².